The maximum absolute atomic E-state index is 8.64. The van der Waals surface area contributed by atoms with Gasteiger partial charge in [0, 0.05) is 6.61 Å². The summed E-state index contributed by atoms with van der Waals surface area (Å²) in [5.74, 6) is 0. The molecule has 0 saturated heterocycles. The highest BCUT2D eigenvalue weighted by molar-refractivity contribution is 5.72. The third kappa shape index (κ3) is 2.53. The number of nitrogens with zero attached hydrogens (tertiary/aromatic N) is 3. The number of rotatable bonds is 5. The minimum absolute atomic E-state index is 0.272. The van der Waals surface area contributed by atoms with Crippen molar-refractivity contribution in [2.75, 3.05) is 6.61 Å². The van der Waals surface area contributed by atoms with E-state index in [1.165, 1.54) is 0 Å². The Bertz CT molecular complexity index is 391. The van der Waals surface area contributed by atoms with Crippen molar-refractivity contribution < 1.29 is 5.11 Å². The lowest BCUT2D eigenvalue weighted by atomic mass is 10.2. The molecule has 2 aromatic rings. The molecular formula is C11H15N3O. The molecule has 80 valence electrons. The van der Waals surface area contributed by atoms with Gasteiger partial charge in [-0.25, -0.2) is 0 Å². The molecule has 0 aliphatic carbocycles. The van der Waals surface area contributed by atoms with E-state index < -0.39 is 0 Å². The standard InChI is InChI=1S/C11H15N3O/c15-9-5-1-4-8-14-12-10-6-2-3-7-11(10)13-14/h2-3,6-7,15H,1,4-5,8-9H2. The van der Waals surface area contributed by atoms with Crippen molar-refractivity contribution in [3.63, 3.8) is 0 Å². The van der Waals surface area contributed by atoms with Gasteiger partial charge in [-0.1, -0.05) is 12.1 Å². The first-order chi connectivity index (χ1) is 7.40. The van der Waals surface area contributed by atoms with Gasteiger partial charge in [-0.05, 0) is 31.4 Å². The van der Waals surface area contributed by atoms with E-state index in [1.807, 2.05) is 24.3 Å². The fourth-order valence-electron chi connectivity index (χ4n) is 1.55. The molecule has 1 aromatic heterocycles. The van der Waals surface area contributed by atoms with Crippen molar-refractivity contribution in [3.05, 3.63) is 24.3 Å². The van der Waals surface area contributed by atoms with E-state index in [9.17, 15) is 0 Å². The molecule has 0 radical (unpaired) electrons. The number of benzene rings is 1. The van der Waals surface area contributed by atoms with Crippen molar-refractivity contribution >= 4 is 11.0 Å². The Labute approximate surface area is 88.5 Å². The summed E-state index contributed by atoms with van der Waals surface area (Å²) in [6.45, 7) is 1.10. The van der Waals surface area contributed by atoms with Crippen molar-refractivity contribution in [1.29, 1.82) is 0 Å². The van der Waals surface area contributed by atoms with Crippen LogP contribution >= 0.6 is 0 Å². The molecule has 0 saturated carbocycles. The zero-order chi connectivity index (χ0) is 10.5. The van der Waals surface area contributed by atoms with Crippen LogP contribution in [0.2, 0.25) is 0 Å². The van der Waals surface area contributed by atoms with Gasteiger partial charge in [0.15, 0.2) is 0 Å². The van der Waals surface area contributed by atoms with Gasteiger partial charge < -0.3 is 5.11 Å². The Hall–Kier alpha value is -1.42. The molecule has 1 aromatic carbocycles. The monoisotopic (exact) mass is 205 g/mol. The van der Waals surface area contributed by atoms with E-state index in [0.29, 0.717) is 0 Å². The molecule has 2 rings (SSSR count). The topological polar surface area (TPSA) is 50.9 Å². The third-order valence-corrected chi connectivity index (χ3v) is 2.34. The van der Waals surface area contributed by atoms with Crippen molar-refractivity contribution in [1.82, 2.24) is 15.0 Å². The van der Waals surface area contributed by atoms with E-state index in [1.54, 1.807) is 4.80 Å². The normalized spacial score (nSPS) is 11.0. The zero-order valence-electron chi connectivity index (χ0n) is 8.63. The first-order valence-electron chi connectivity index (χ1n) is 5.31. The molecule has 0 unspecified atom stereocenters. The molecule has 15 heavy (non-hydrogen) atoms. The molecular weight excluding hydrogens is 190 g/mol. The van der Waals surface area contributed by atoms with Gasteiger partial charge in [0.1, 0.15) is 11.0 Å². The van der Waals surface area contributed by atoms with E-state index in [0.717, 1.165) is 36.8 Å². The fourth-order valence-corrected chi connectivity index (χ4v) is 1.55. The molecule has 0 atom stereocenters. The number of unbranched alkanes of at least 4 members (excludes halogenated alkanes) is 2. The van der Waals surface area contributed by atoms with E-state index >= 15 is 0 Å². The van der Waals surface area contributed by atoms with Gasteiger partial charge in [0.05, 0.1) is 6.54 Å². The zero-order valence-corrected chi connectivity index (χ0v) is 8.63. The first-order valence-corrected chi connectivity index (χ1v) is 5.31. The number of aromatic nitrogens is 3. The molecule has 0 amide bonds. The number of aliphatic hydroxyl groups excluding tert-OH is 1. The second-order valence-electron chi connectivity index (χ2n) is 3.57. The van der Waals surface area contributed by atoms with Crippen LogP contribution in [0.5, 0.6) is 0 Å². The molecule has 0 fully saturated rings. The summed E-state index contributed by atoms with van der Waals surface area (Å²) in [4.78, 5) is 1.74. The minimum atomic E-state index is 0.272. The highest BCUT2D eigenvalue weighted by Gasteiger charge is 2.00. The predicted octanol–water partition coefficient (Wildman–Crippen LogP) is 1.59. The largest absolute Gasteiger partial charge is 0.396 e. The molecule has 0 aliphatic rings. The fraction of sp³-hybridized carbons (Fsp3) is 0.455. The van der Waals surface area contributed by atoms with Crippen LogP contribution in [0.1, 0.15) is 19.3 Å². The molecule has 4 nitrogen and oxygen atoms in total. The lowest BCUT2D eigenvalue weighted by Crippen LogP contribution is -2.02. The van der Waals surface area contributed by atoms with E-state index in [2.05, 4.69) is 10.2 Å². The van der Waals surface area contributed by atoms with Gasteiger partial charge in [-0.15, -0.1) is 0 Å². The quantitative estimate of drug-likeness (QED) is 0.754. The maximum Gasteiger partial charge on any atom is 0.113 e. The Kier molecular flexibility index (Phi) is 3.29. The second-order valence-corrected chi connectivity index (χ2v) is 3.57. The maximum atomic E-state index is 8.64. The third-order valence-electron chi connectivity index (χ3n) is 2.34. The summed E-state index contributed by atoms with van der Waals surface area (Å²) >= 11 is 0. The summed E-state index contributed by atoms with van der Waals surface area (Å²) in [5.41, 5.74) is 1.89. The van der Waals surface area contributed by atoms with Crippen LogP contribution in [-0.4, -0.2) is 26.7 Å². The average molecular weight is 205 g/mol. The number of aryl methyl sites for hydroxylation is 1. The molecule has 1 heterocycles. The minimum Gasteiger partial charge on any atom is -0.396 e. The van der Waals surface area contributed by atoms with Gasteiger partial charge in [0.2, 0.25) is 0 Å². The molecule has 1 N–H and O–H groups in total. The van der Waals surface area contributed by atoms with Gasteiger partial charge in [-0.3, -0.25) is 0 Å². The van der Waals surface area contributed by atoms with Crippen LogP contribution in [0.4, 0.5) is 0 Å². The van der Waals surface area contributed by atoms with Crippen molar-refractivity contribution in [3.8, 4) is 0 Å². The molecule has 0 bridgehead atoms. The summed E-state index contributed by atoms with van der Waals surface area (Å²) in [6.07, 6.45) is 2.90. The first kappa shape index (κ1) is 10.1. The Morgan fingerprint density at radius 2 is 1.67 bits per heavy atom. The lowest BCUT2D eigenvalue weighted by molar-refractivity contribution is 0.280. The van der Waals surface area contributed by atoms with Crippen LogP contribution in [0.25, 0.3) is 11.0 Å². The van der Waals surface area contributed by atoms with Gasteiger partial charge in [0.25, 0.3) is 0 Å². The molecule has 0 spiro atoms. The van der Waals surface area contributed by atoms with Crippen molar-refractivity contribution in [2.24, 2.45) is 0 Å². The Morgan fingerprint density at radius 1 is 1.00 bits per heavy atom. The van der Waals surface area contributed by atoms with Crippen LogP contribution < -0.4 is 0 Å². The summed E-state index contributed by atoms with van der Waals surface area (Å²) in [5, 5.41) is 17.3. The number of hydrogen-bond acceptors (Lipinski definition) is 3. The molecule has 0 aliphatic heterocycles. The highest BCUT2D eigenvalue weighted by Crippen LogP contribution is 2.07. The average Bonchev–Trinajstić information content (AvgIpc) is 2.67. The Balaban J connectivity index is 1.97. The second kappa shape index (κ2) is 4.89. The van der Waals surface area contributed by atoms with Gasteiger partial charge >= 0.3 is 0 Å². The Morgan fingerprint density at radius 3 is 2.27 bits per heavy atom. The molecule has 4 heteroatoms. The van der Waals surface area contributed by atoms with Crippen LogP contribution in [0, 0.1) is 0 Å². The van der Waals surface area contributed by atoms with Crippen LogP contribution in [0.15, 0.2) is 24.3 Å². The summed E-state index contributed by atoms with van der Waals surface area (Å²) in [7, 11) is 0. The van der Waals surface area contributed by atoms with Gasteiger partial charge in [-0.2, -0.15) is 15.0 Å². The van der Waals surface area contributed by atoms with Crippen LogP contribution in [-0.2, 0) is 6.54 Å². The predicted molar refractivity (Wildman–Crippen MR) is 58.5 cm³/mol. The lowest BCUT2D eigenvalue weighted by Gasteiger charge is -1.97. The number of aliphatic hydroxyl groups is 1. The number of fused-ring (bicyclic) bond motifs is 1. The smallest absolute Gasteiger partial charge is 0.113 e. The van der Waals surface area contributed by atoms with Crippen molar-refractivity contribution in [2.45, 2.75) is 25.8 Å². The number of hydrogen-bond donors (Lipinski definition) is 1. The van der Waals surface area contributed by atoms with E-state index in [4.69, 9.17) is 5.11 Å². The van der Waals surface area contributed by atoms with E-state index in [-0.39, 0.29) is 6.61 Å². The SMILES string of the molecule is OCCCCCn1nc2ccccc2n1. The summed E-state index contributed by atoms with van der Waals surface area (Å²) < 4.78 is 0. The van der Waals surface area contributed by atoms with Crippen LogP contribution in [0.3, 0.4) is 0 Å². The highest BCUT2D eigenvalue weighted by atomic mass is 16.2. The summed E-state index contributed by atoms with van der Waals surface area (Å²) in [6, 6.07) is 7.86.